The Morgan fingerprint density at radius 2 is 2.11 bits per heavy atom. The molecule has 1 atom stereocenters. The normalized spacial score (nSPS) is 16.8. The van der Waals surface area contributed by atoms with Crippen molar-refractivity contribution in [2.45, 2.75) is 33.4 Å². The SMILES string of the molecule is CCNC(=NCC(C)Oc1cccc(C)c1)N1CCN(Cc2ccon2)CC1. The summed E-state index contributed by atoms with van der Waals surface area (Å²) in [6.45, 7) is 12.4. The molecule has 1 fully saturated rings. The minimum atomic E-state index is 0.0175. The predicted octanol–water partition coefficient (Wildman–Crippen LogP) is 2.53. The Balaban J connectivity index is 1.51. The van der Waals surface area contributed by atoms with Crippen molar-refractivity contribution in [1.29, 1.82) is 0 Å². The molecule has 1 saturated heterocycles. The summed E-state index contributed by atoms with van der Waals surface area (Å²) in [5.74, 6) is 1.86. The van der Waals surface area contributed by atoms with Gasteiger partial charge in [-0.2, -0.15) is 0 Å². The number of piperazine rings is 1. The van der Waals surface area contributed by atoms with Crippen LogP contribution in [0.25, 0.3) is 0 Å². The van der Waals surface area contributed by atoms with Gasteiger partial charge in [0.2, 0.25) is 0 Å². The van der Waals surface area contributed by atoms with Crippen LogP contribution in [0, 0.1) is 6.92 Å². The molecule has 0 amide bonds. The van der Waals surface area contributed by atoms with Crippen molar-refractivity contribution in [3.05, 3.63) is 47.9 Å². The average Bonchev–Trinajstić information content (AvgIpc) is 3.19. The molecular weight excluding hydrogens is 354 g/mol. The van der Waals surface area contributed by atoms with Crippen LogP contribution in [-0.4, -0.2) is 66.3 Å². The number of rotatable bonds is 7. The van der Waals surface area contributed by atoms with Crippen molar-refractivity contribution in [2.75, 3.05) is 39.3 Å². The number of guanidine groups is 1. The van der Waals surface area contributed by atoms with Gasteiger partial charge in [0.05, 0.1) is 12.2 Å². The number of aryl methyl sites for hydroxylation is 1. The highest BCUT2D eigenvalue weighted by molar-refractivity contribution is 5.80. The van der Waals surface area contributed by atoms with Gasteiger partial charge in [-0.3, -0.25) is 4.90 Å². The van der Waals surface area contributed by atoms with Gasteiger partial charge in [0.1, 0.15) is 18.1 Å². The summed E-state index contributed by atoms with van der Waals surface area (Å²) >= 11 is 0. The third kappa shape index (κ3) is 5.99. The van der Waals surface area contributed by atoms with Gasteiger partial charge in [0.25, 0.3) is 0 Å². The van der Waals surface area contributed by atoms with Crippen LogP contribution in [0.3, 0.4) is 0 Å². The van der Waals surface area contributed by atoms with Crippen LogP contribution in [0.15, 0.2) is 46.1 Å². The summed E-state index contributed by atoms with van der Waals surface area (Å²) in [6.07, 6.45) is 1.64. The predicted molar refractivity (Wildman–Crippen MR) is 111 cm³/mol. The van der Waals surface area contributed by atoms with E-state index in [1.54, 1.807) is 6.26 Å². The van der Waals surface area contributed by atoms with Crippen LogP contribution < -0.4 is 10.1 Å². The first-order chi connectivity index (χ1) is 13.6. The first-order valence-corrected chi connectivity index (χ1v) is 10.0. The molecule has 1 aromatic heterocycles. The lowest BCUT2D eigenvalue weighted by molar-refractivity contribution is 0.168. The van der Waals surface area contributed by atoms with E-state index < -0.39 is 0 Å². The number of nitrogens with zero attached hydrogens (tertiary/aromatic N) is 4. The van der Waals surface area contributed by atoms with Gasteiger partial charge < -0.3 is 19.5 Å². The van der Waals surface area contributed by atoms with Crippen LogP contribution in [0.4, 0.5) is 0 Å². The molecule has 7 nitrogen and oxygen atoms in total. The number of nitrogens with one attached hydrogen (secondary N) is 1. The molecule has 0 bridgehead atoms. The summed E-state index contributed by atoms with van der Waals surface area (Å²) in [6, 6.07) is 10.1. The van der Waals surface area contributed by atoms with E-state index in [9.17, 15) is 0 Å². The quantitative estimate of drug-likeness (QED) is 0.584. The van der Waals surface area contributed by atoms with Gasteiger partial charge in [-0.25, -0.2) is 4.99 Å². The van der Waals surface area contributed by atoms with Gasteiger partial charge in [-0.1, -0.05) is 17.3 Å². The molecule has 0 aliphatic carbocycles. The van der Waals surface area contributed by atoms with E-state index in [0.29, 0.717) is 6.54 Å². The summed E-state index contributed by atoms with van der Waals surface area (Å²) < 4.78 is 10.9. The van der Waals surface area contributed by atoms with Crippen molar-refractivity contribution < 1.29 is 9.26 Å². The number of benzene rings is 1. The topological polar surface area (TPSA) is 66.1 Å². The fourth-order valence-electron chi connectivity index (χ4n) is 3.27. The number of ether oxygens (including phenoxy) is 1. The number of aliphatic imine (C=N–C) groups is 1. The third-order valence-corrected chi connectivity index (χ3v) is 4.71. The maximum atomic E-state index is 6.01. The molecule has 1 aliphatic heterocycles. The maximum absolute atomic E-state index is 6.01. The smallest absolute Gasteiger partial charge is 0.194 e. The summed E-state index contributed by atoms with van der Waals surface area (Å²) in [5.41, 5.74) is 2.18. The summed E-state index contributed by atoms with van der Waals surface area (Å²) in [5, 5.41) is 7.42. The molecule has 2 heterocycles. The Morgan fingerprint density at radius 1 is 1.29 bits per heavy atom. The molecule has 1 N–H and O–H groups in total. The standard InChI is InChI=1S/C21H31N5O2/c1-4-22-21(23-15-18(3)28-20-7-5-6-17(2)14-20)26-11-9-25(10-12-26)16-19-8-13-27-24-19/h5-8,13-14,18H,4,9-12,15-16H2,1-3H3,(H,22,23). The lowest BCUT2D eigenvalue weighted by Crippen LogP contribution is -2.52. The van der Waals surface area contributed by atoms with Crippen molar-refractivity contribution in [2.24, 2.45) is 4.99 Å². The van der Waals surface area contributed by atoms with Crippen molar-refractivity contribution in [3.63, 3.8) is 0 Å². The lowest BCUT2D eigenvalue weighted by Gasteiger charge is -2.36. The molecule has 28 heavy (non-hydrogen) atoms. The highest BCUT2D eigenvalue weighted by atomic mass is 16.5. The van der Waals surface area contributed by atoms with Crippen molar-refractivity contribution in [1.82, 2.24) is 20.3 Å². The first-order valence-electron chi connectivity index (χ1n) is 10.0. The van der Waals surface area contributed by atoms with E-state index in [0.717, 1.165) is 56.7 Å². The lowest BCUT2D eigenvalue weighted by atomic mass is 10.2. The largest absolute Gasteiger partial charge is 0.489 e. The number of aromatic nitrogens is 1. The molecular formula is C21H31N5O2. The van der Waals surface area contributed by atoms with E-state index in [-0.39, 0.29) is 6.10 Å². The van der Waals surface area contributed by atoms with Gasteiger partial charge in [-0.05, 0) is 38.5 Å². The zero-order valence-corrected chi connectivity index (χ0v) is 17.1. The zero-order chi connectivity index (χ0) is 19.8. The van der Waals surface area contributed by atoms with Crippen molar-refractivity contribution in [3.8, 4) is 5.75 Å². The van der Waals surface area contributed by atoms with Crippen LogP contribution in [0.2, 0.25) is 0 Å². The summed E-state index contributed by atoms with van der Waals surface area (Å²) in [7, 11) is 0. The monoisotopic (exact) mass is 385 g/mol. The average molecular weight is 386 g/mol. The molecule has 0 spiro atoms. The van der Waals surface area contributed by atoms with Gasteiger partial charge in [0, 0.05) is 45.3 Å². The second-order valence-electron chi connectivity index (χ2n) is 7.19. The Morgan fingerprint density at radius 3 is 2.79 bits per heavy atom. The second-order valence-corrected chi connectivity index (χ2v) is 7.19. The first kappa shape index (κ1) is 20.2. The Labute approximate surface area is 167 Å². The highest BCUT2D eigenvalue weighted by Crippen LogP contribution is 2.14. The molecule has 1 aliphatic rings. The zero-order valence-electron chi connectivity index (χ0n) is 17.1. The van der Waals surface area contributed by atoms with Gasteiger partial charge >= 0.3 is 0 Å². The van der Waals surface area contributed by atoms with E-state index in [1.165, 1.54) is 5.56 Å². The second kappa shape index (κ2) is 10.1. The fraction of sp³-hybridized carbons (Fsp3) is 0.524. The molecule has 1 aromatic carbocycles. The Bertz CT molecular complexity index is 739. The van der Waals surface area contributed by atoms with Crippen LogP contribution in [-0.2, 0) is 6.54 Å². The minimum absolute atomic E-state index is 0.0175. The van der Waals surface area contributed by atoms with E-state index in [2.05, 4.69) is 53.2 Å². The molecule has 152 valence electrons. The molecule has 0 radical (unpaired) electrons. The van der Waals surface area contributed by atoms with Crippen LogP contribution in [0.1, 0.15) is 25.1 Å². The molecule has 1 unspecified atom stereocenters. The molecule has 7 heteroatoms. The molecule has 0 saturated carbocycles. The maximum Gasteiger partial charge on any atom is 0.194 e. The van der Waals surface area contributed by atoms with Crippen LogP contribution in [0.5, 0.6) is 5.75 Å². The van der Waals surface area contributed by atoms with E-state index in [1.807, 2.05) is 18.2 Å². The van der Waals surface area contributed by atoms with Gasteiger partial charge in [-0.15, -0.1) is 0 Å². The van der Waals surface area contributed by atoms with Crippen molar-refractivity contribution >= 4 is 5.96 Å². The minimum Gasteiger partial charge on any atom is -0.489 e. The number of hydrogen-bond donors (Lipinski definition) is 1. The van der Waals surface area contributed by atoms with E-state index >= 15 is 0 Å². The highest BCUT2D eigenvalue weighted by Gasteiger charge is 2.20. The Kier molecular flexibility index (Phi) is 7.31. The van der Waals surface area contributed by atoms with Gasteiger partial charge in [0.15, 0.2) is 5.96 Å². The molecule has 3 rings (SSSR count). The van der Waals surface area contributed by atoms with Crippen LogP contribution >= 0.6 is 0 Å². The molecule has 2 aromatic rings. The fourth-order valence-corrected chi connectivity index (χ4v) is 3.27. The Hall–Kier alpha value is -2.54. The summed E-state index contributed by atoms with van der Waals surface area (Å²) in [4.78, 5) is 9.53. The third-order valence-electron chi connectivity index (χ3n) is 4.71. The van der Waals surface area contributed by atoms with E-state index in [4.69, 9.17) is 14.3 Å². The number of hydrogen-bond acceptors (Lipinski definition) is 5.